The van der Waals surface area contributed by atoms with Gasteiger partial charge in [-0.25, -0.2) is 0 Å². The van der Waals surface area contributed by atoms with Crippen LogP contribution in [0.25, 0.3) is 0 Å². The molecule has 0 aliphatic carbocycles. The first-order valence-electron chi connectivity index (χ1n) is 7.10. The Balaban J connectivity index is 2.08. The number of nitrogens with zero attached hydrogens (tertiary/aromatic N) is 1. The molecule has 116 valence electrons. The van der Waals surface area contributed by atoms with E-state index in [0.29, 0.717) is 22.9 Å². The fourth-order valence-corrected chi connectivity index (χ4v) is 3.81. The van der Waals surface area contributed by atoms with Crippen molar-refractivity contribution >= 4 is 22.6 Å². The molecule has 0 saturated carbocycles. The zero-order valence-electron chi connectivity index (χ0n) is 12.1. The Morgan fingerprint density at radius 1 is 1.29 bits per heavy atom. The van der Waals surface area contributed by atoms with Crippen molar-refractivity contribution < 1.29 is 13.2 Å². The highest BCUT2D eigenvalue weighted by Crippen LogP contribution is 2.36. The average molecular weight is 316 g/mol. The van der Waals surface area contributed by atoms with Gasteiger partial charge in [0, 0.05) is 5.25 Å². The standard InChI is InChI=1S/C15H19F3N2S/c1-3-10(4-2)13-9-19-14(21-13)20-12-8-6-5-7-11(12)15(16,17)18/h5-8,10,13H,3-4,9H2,1-2H3,(H,19,20). The van der Waals surface area contributed by atoms with Crippen LogP contribution in [0.4, 0.5) is 18.9 Å². The smallest absolute Gasteiger partial charge is 0.334 e. The van der Waals surface area contributed by atoms with E-state index >= 15 is 0 Å². The number of para-hydroxylation sites is 1. The lowest BCUT2D eigenvalue weighted by molar-refractivity contribution is -0.136. The van der Waals surface area contributed by atoms with Crippen LogP contribution in [0.3, 0.4) is 0 Å². The van der Waals surface area contributed by atoms with Crippen molar-refractivity contribution in [2.45, 2.75) is 38.1 Å². The Morgan fingerprint density at radius 2 is 1.95 bits per heavy atom. The van der Waals surface area contributed by atoms with E-state index in [9.17, 15) is 13.2 Å². The van der Waals surface area contributed by atoms with Crippen molar-refractivity contribution in [3.05, 3.63) is 29.8 Å². The summed E-state index contributed by atoms with van der Waals surface area (Å²) in [4.78, 5) is 4.35. The molecule has 1 aliphatic rings. The molecule has 0 amide bonds. The predicted molar refractivity (Wildman–Crippen MR) is 82.8 cm³/mol. The highest BCUT2D eigenvalue weighted by atomic mass is 32.2. The largest absolute Gasteiger partial charge is 0.418 e. The fraction of sp³-hybridized carbons (Fsp3) is 0.533. The molecule has 21 heavy (non-hydrogen) atoms. The summed E-state index contributed by atoms with van der Waals surface area (Å²) in [5.74, 6) is 0.552. The Kier molecular flexibility index (Phi) is 5.19. The fourth-order valence-electron chi connectivity index (χ4n) is 2.47. The van der Waals surface area contributed by atoms with Gasteiger partial charge < -0.3 is 5.32 Å². The van der Waals surface area contributed by atoms with Gasteiger partial charge in [-0.3, -0.25) is 4.99 Å². The molecule has 6 heteroatoms. The summed E-state index contributed by atoms with van der Waals surface area (Å²) in [6.45, 7) is 4.95. The minimum Gasteiger partial charge on any atom is -0.334 e. The predicted octanol–water partition coefficient (Wildman–Crippen LogP) is 5.02. The van der Waals surface area contributed by atoms with E-state index in [2.05, 4.69) is 24.2 Å². The molecular weight excluding hydrogens is 297 g/mol. The van der Waals surface area contributed by atoms with Gasteiger partial charge in [0.2, 0.25) is 0 Å². The van der Waals surface area contributed by atoms with Crippen LogP contribution in [-0.2, 0) is 6.18 Å². The van der Waals surface area contributed by atoms with Crippen LogP contribution >= 0.6 is 11.8 Å². The van der Waals surface area contributed by atoms with Gasteiger partial charge in [0.1, 0.15) is 0 Å². The number of halogens is 3. The van der Waals surface area contributed by atoms with Gasteiger partial charge in [0.25, 0.3) is 0 Å². The van der Waals surface area contributed by atoms with Crippen LogP contribution in [0.2, 0.25) is 0 Å². The van der Waals surface area contributed by atoms with Crippen molar-refractivity contribution in [2.24, 2.45) is 10.9 Å². The molecule has 1 aromatic rings. The third kappa shape index (κ3) is 3.93. The first kappa shape index (κ1) is 16.2. The molecule has 1 N–H and O–H groups in total. The second kappa shape index (κ2) is 6.73. The summed E-state index contributed by atoms with van der Waals surface area (Å²) in [7, 11) is 0. The van der Waals surface area contributed by atoms with E-state index < -0.39 is 11.7 Å². The number of rotatable bonds is 4. The Labute approximate surface area is 127 Å². The third-order valence-corrected chi connectivity index (χ3v) is 5.02. The maximum Gasteiger partial charge on any atom is 0.418 e. The molecule has 1 aromatic carbocycles. The van der Waals surface area contributed by atoms with Gasteiger partial charge >= 0.3 is 6.18 Å². The van der Waals surface area contributed by atoms with E-state index in [1.54, 1.807) is 17.8 Å². The molecule has 2 rings (SSSR count). The molecule has 0 bridgehead atoms. The summed E-state index contributed by atoms with van der Waals surface area (Å²) in [5.41, 5.74) is -0.583. The van der Waals surface area contributed by atoms with Crippen molar-refractivity contribution in [3.63, 3.8) is 0 Å². The van der Waals surface area contributed by atoms with Crippen LogP contribution in [0, 0.1) is 5.92 Å². The molecule has 0 spiro atoms. The summed E-state index contributed by atoms with van der Waals surface area (Å²) < 4.78 is 38.8. The SMILES string of the molecule is CCC(CC)C1CN=C(Nc2ccccc2C(F)(F)F)S1. The number of benzene rings is 1. The minimum absolute atomic E-state index is 0.0708. The van der Waals surface area contributed by atoms with Gasteiger partial charge in [0.15, 0.2) is 5.17 Å². The van der Waals surface area contributed by atoms with Gasteiger partial charge in [-0.2, -0.15) is 13.2 Å². The van der Waals surface area contributed by atoms with Crippen LogP contribution in [0.5, 0.6) is 0 Å². The second-order valence-corrected chi connectivity index (χ2v) is 6.27. The van der Waals surface area contributed by atoms with Crippen LogP contribution in [0.1, 0.15) is 32.3 Å². The van der Waals surface area contributed by atoms with Crippen LogP contribution < -0.4 is 5.32 Å². The number of aliphatic imine (C=N–C) groups is 1. The summed E-state index contributed by atoms with van der Waals surface area (Å²) >= 11 is 1.55. The van der Waals surface area contributed by atoms with Gasteiger partial charge in [-0.1, -0.05) is 50.6 Å². The van der Waals surface area contributed by atoms with E-state index in [1.165, 1.54) is 12.1 Å². The Bertz CT molecular complexity index is 510. The van der Waals surface area contributed by atoms with Crippen molar-refractivity contribution in [1.29, 1.82) is 0 Å². The number of alkyl halides is 3. The summed E-state index contributed by atoms with van der Waals surface area (Å²) in [6.07, 6.45) is -2.23. The monoisotopic (exact) mass is 316 g/mol. The average Bonchev–Trinajstić information content (AvgIpc) is 2.88. The van der Waals surface area contributed by atoms with Gasteiger partial charge in [-0.15, -0.1) is 0 Å². The Hall–Kier alpha value is -1.17. The van der Waals surface area contributed by atoms with Gasteiger partial charge in [-0.05, 0) is 18.1 Å². The highest BCUT2D eigenvalue weighted by molar-refractivity contribution is 8.15. The number of anilines is 1. The first-order valence-corrected chi connectivity index (χ1v) is 7.98. The van der Waals surface area contributed by atoms with Crippen molar-refractivity contribution in [2.75, 3.05) is 11.9 Å². The van der Waals surface area contributed by atoms with Gasteiger partial charge in [0.05, 0.1) is 17.8 Å². The van der Waals surface area contributed by atoms with E-state index in [1.807, 2.05) is 0 Å². The van der Waals surface area contributed by atoms with E-state index in [4.69, 9.17) is 0 Å². The number of nitrogens with one attached hydrogen (secondary N) is 1. The molecule has 0 radical (unpaired) electrons. The Morgan fingerprint density at radius 3 is 2.57 bits per heavy atom. The zero-order valence-corrected chi connectivity index (χ0v) is 12.9. The van der Waals surface area contributed by atoms with E-state index in [0.717, 1.165) is 18.9 Å². The molecule has 1 aliphatic heterocycles. The molecular formula is C15H19F3N2S. The highest BCUT2D eigenvalue weighted by Gasteiger charge is 2.34. The second-order valence-electron chi connectivity index (χ2n) is 5.05. The lowest BCUT2D eigenvalue weighted by Crippen LogP contribution is -2.18. The zero-order chi connectivity index (χ0) is 15.5. The molecule has 1 heterocycles. The van der Waals surface area contributed by atoms with Crippen molar-refractivity contribution in [3.8, 4) is 0 Å². The number of amidine groups is 1. The molecule has 1 atom stereocenters. The van der Waals surface area contributed by atoms with Crippen LogP contribution in [0.15, 0.2) is 29.3 Å². The minimum atomic E-state index is -4.36. The first-order chi connectivity index (χ1) is 9.95. The topological polar surface area (TPSA) is 24.4 Å². The molecule has 0 aromatic heterocycles. The quantitative estimate of drug-likeness (QED) is 0.843. The lowest BCUT2D eigenvalue weighted by Gasteiger charge is -2.19. The third-order valence-electron chi connectivity index (χ3n) is 3.73. The summed E-state index contributed by atoms with van der Waals surface area (Å²) in [5, 5.41) is 3.79. The maximum absolute atomic E-state index is 12.9. The normalized spacial score (nSPS) is 19.0. The van der Waals surface area contributed by atoms with Crippen LogP contribution in [-0.4, -0.2) is 17.0 Å². The number of hydrogen-bond donors (Lipinski definition) is 1. The number of hydrogen-bond acceptors (Lipinski definition) is 3. The molecule has 0 fully saturated rings. The lowest BCUT2D eigenvalue weighted by atomic mass is 9.99. The molecule has 1 unspecified atom stereocenters. The van der Waals surface area contributed by atoms with E-state index in [-0.39, 0.29) is 5.69 Å². The number of thioether (sulfide) groups is 1. The molecule has 0 saturated heterocycles. The summed E-state index contributed by atoms with van der Waals surface area (Å²) in [6, 6.07) is 5.51. The maximum atomic E-state index is 12.9. The molecule has 2 nitrogen and oxygen atoms in total. The van der Waals surface area contributed by atoms with Crippen molar-refractivity contribution in [1.82, 2.24) is 0 Å².